The molecule has 1 aliphatic carbocycles. The van der Waals surface area contributed by atoms with Crippen molar-refractivity contribution in [3.63, 3.8) is 0 Å². The molecule has 0 spiro atoms. The first-order valence-electron chi connectivity index (χ1n) is 13.4. The van der Waals surface area contributed by atoms with Crippen molar-refractivity contribution in [3.8, 4) is 0 Å². The second-order valence-corrected chi connectivity index (χ2v) is 12.5. The Morgan fingerprint density at radius 3 is 2.17 bits per heavy atom. The Kier molecular flexibility index (Phi) is 10.1. The fourth-order valence-corrected chi connectivity index (χ4v) is 7.00. The van der Waals surface area contributed by atoms with Crippen LogP contribution in [0.2, 0.25) is 10.0 Å². The van der Waals surface area contributed by atoms with E-state index in [9.17, 15) is 18.0 Å². The van der Waals surface area contributed by atoms with E-state index in [0.29, 0.717) is 11.4 Å². The SMILES string of the molecule is CC[C@H](C(=O)NC1CCCC1)N(Cc1ccccc1)C(=O)CN(c1ccc(Cl)cc1Cl)S(=O)(=O)c1ccccc1. The van der Waals surface area contributed by atoms with Gasteiger partial charge in [0, 0.05) is 17.6 Å². The molecule has 4 rings (SSSR count). The number of amides is 2. The lowest BCUT2D eigenvalue weighted by molar-refractivity contribution is -0.140. The normalized spacial score (nSPS) is 14.5. The van der Waals surface area contributed by atoms with E-state index in [-0.39, 0.29) is 34.1 Å². The van der Waals surface area contributed by atoms with Crippen LogP contribution in [0.5, 0.6) is 0 Å². The van der Waals surface area contributed by atoms with Gasteiger partial charge in [0.25, 0.3) is 10.0 Å². The topological polar surface area (TPSA) is 86.8 Å². The molecular weight excluding hydrogens is 569 g/mol. The number of carbonyl (C=O) groups excluding carboxylic acids is 2. The van der Waals surface area contributed by atoms with Crippen LogP contribution in [0.1, 0.15) is 44.6 Å². The Hall–Kier alpha value is -3.07. The average Bonchev–Trinajstić information content (AvgIpc) is 3.46. The van der Waals surface area contributed by atoms with Gasteiger partial charge in [-0.25, -0.2) is 8.42 Å². The standard InChI is InChI=1S/C30H33Cl2N3O4S/c1-2-27(30(37)33-24-13-9-10-14-24)34(20-22-11-5-3-6-12-22)29(36)21-35(28-18-17-23(31)19-26(28)32)40(38,39)25-15-7-4-8-16-25/h3-8,11-12,15-19,24,27H,2,9-10,13-14,20-21H2,1H3,(H,33,37)/t27-/m1/s1. The molecule has 0 unspecified atom stereocenters. The Morgan fingerprint density at radius 1 is 0.950 bits per heavy atom. The summed E-state index contributed by atoms with van der Waals surface area (Å²) in [5.74, 6) is -0.761. The molecule has 0 saturated heterocycles. The van der Waals surface area contributed by atoms with Crippen LogP contribution >= 0.6 is 23.2 Å². The Labute approximate surface area is 246 Å². The molecule has 0 heterocycles. The van der Waals surface area contributed by atoms with Gasteiger partial charge >= 0.3 is 0 Å². The van der Waals surface area contributed by atoms with Crippen LogP contribution in [0.4, 0.5) is 5.69 Å². The van der Waals surface area contributed by atoms with E-state index in [1.165, 1.54) is 35.2 Å². The fraction of sp³-hybridized carbons (Fsp3) is 0.333. The molecule has 0 bridgehead atoms. The monoisotopic (exact) mass is 601 g/mol. The first kappa shape index (κ1) is 29.9. The quantitative estimate of drug-likeness (QED) is 0.289. The predicted octanol–water partition coefficient (Wildman–Crippen LogP) is 6.05. The number of carbonyl (C=O) groups is 2. The van der Waals surface area contributed by atoms with Crippen molar-refractivity contribution in [2.75, 3.05) is 10.8 Å². The molecule has 3 aromatic rings. The number of benzene rings is 3. The second kappa shape index (κ2) is 13.5. The van der Waals surface area contributed by atoms with E-state index < -0.39 is 28.5 Å². The van der Waals surface area contributed by atoms with Crippen LogP contribution in [0.15, 0.2) is 83.8 Å². The molecule has 3 aromatic carbocycles. The minimum Gasteiger partial charge on any atom is -0.352 e. The third kappa shape index (κ3) is 7.16. The second-order valence-electron chi connectivity index (χ2n) is 9.84. The highest BCUT2D eigenvalue weighted by atomic mass is 35.5. The van der Waals surface area contributed by atoms with E-state index in [0.717, 1.165) is 35.6 Å². The Bertz CT molecular complexity index is 1420. The van der Waals surface area contributed by atoms with Crippen LogP contribution in [0, 0.1) is 0 Å². The van der Waals surface area contributed by atoms with Gasteiger partial charge in [-0.05, 0) is 55.2 Å². The lowest BCUT2D eigenvalue weighted by Crippen LogP contribution is -2.53. The molecule has 0 radical (unpaired) electrons. The summed E-state index contributed by atoms with van der Waals surface area (Å²) < 4.78 is 28.7. The Balaban J connectivity index is 1.72. The fourth-order valence-electron chi connectivity index (χ4n) is 4.98. The molecule has 1 atom stereocenters. The molecule has 1 aliphatic rings. The highest BCUT2D eigenvalue weighted by molar-refractivity contribution is 7.92. The lowest BCUT2D eigenvalue weighted by Gasteiger charge is -2.34. The zero-order valence-corrected chi connectivity index (χ0v) is 24.6. The molecule has 0 aliphatic heterocycles. The van der Waals surface area contributed by atoms with Crippen molar-refractivity contribution in [2.45, 2.75) is 62.6 Å². The number of sulfonamides is 1. The first-order chi connectivity index (χ1) is 19.2. The van der Waals surface area contributed by atoms with Crippen molar-refractivity contribution in [1.29, 1.82) is 0 Å². The van der Waals surface area contributed by atoms with Gasteiger partial charge in [-0.3, -0.25) is 13.9 Å². The van der Waals surface area contributed by atoms with Gasteiger partial charge in [-0.15, -0.1) is 0 Å². The van der Waals surface area contributed by atoms with Gasteiger partial charge in [0.2, 0.25) is 11.8 Å². The zero-order chi connectivity index (χ0) is 28.7. The molecule has 10 heteroatoms. The summed E-state index contributed by atoms with van der Waals surface area (Å²) in [4.78, 5) is 29.0. The molecule has 1 fully saturated rings. The summed E-state index contributed by atoms with van der Waals surface area (Å²) in [7, 11) is -4.20. The molecule has 212 valence electrons. The van der Waals surface area contributed by atoms with E-state index in [4.69, 9.17) is 23.2 Å². The molecule has 0 aromatic heterocycles. The summed E-state index contributed by atoms with van der Waals surface area (Å²) in [5.41, 5.74) is 0.941. The summed E-state index contributed by atoms with van der Waals surface area (Å²) in [6, 6.07) is 20.9. The highest BCUT2D eigenvalue weighted by Crippen LogP contribution is 2.33. The van der Waals surface area contributed by atoms with Crippen LogP contribution in [0.3, 0.4) is 0 Å². The molecule has 1 saturated carbocycles. The van der Waals surface area contributed by atoms with E-state index in [1.54, 1.807) is 18.2 Å². The van der Waals surface area contributed by atoms with E-state index in [1.807, 2.05) is 37.3 Å². The van der Waals surface area contributed by atoms with Crippen LogP contribution in [-0.4, -0.2) is 43.8 Å². The van der Waals surface area contributed by atoms with Crippen molar-refractivity contribution in [2.24, 2.45) is 0 Å². The number of anilines is 1. The summed E-state index contributed by atoms with van der Waals surface area (Å²) in [5, 5.41) is 3.52. The maximum Gasteiger partial charge on any atom is 0.264 e. The minimum absolute atomic E-state index is 0.00874. The van der Waals surface area contributed by atoms with Crippen molar-refractivity contribution >= 4 is 50.7 Å². The predicted molar refractivity (Wildman–Crippen MR) is 159 cm³/mol. The smallest absolute Gasteiger partial charge is 0.264 e. The summed E-state index contributed by atoms with van der Waals surface area (Å²) >= 11 is 12.6. The highest BCUT2D eigenvalue weighted by Gasteiger charge is 2.35. The maximum atomic E-state index is 14.1. The van der Waals surface area contributed by atoms with Crippen molar-refractivity contribution < 1.29 is 18.0 Å². The number of hydrogen-bond acceptors (Lipinski definition) is 4. The van der Waals surface area contributed by atoms with Gasteiger partial charge in [0.05, 0.1) is 15.6 Å². The third-order valence-corrected chi connectivity index (χ3v) is 9.38. The van der Waals surface area contributed by atoms with Crippen molar-refractivity contribution in [3.05, 3.63) is 94.5 Å². The largest absolute Gasteiger partial charge is 0.352 e. The molecular formula is C30H33Cl2N3O4S. The summed E-state index contributed by atoms with van der Waals surface area (Å²) in [6.07, 6.45) is 4.30. The van der Waals surface area contributed by atoms with Crippen LogP contribution < -0.4 is 9.62 Å². The molecule has 40 heavy (non-hydrogen) atoms. The zero-order valence-electron chi connectivity index (χ0n) is 22.3. The minimum atomic E-state index is -4.20. The number of nitrogens with one attached hydrogen (secondary N) is 1. The van der Waals surface area contributed by atoms with Gasteiger partial charge in [0.1, 0.15) is 12.6 Å². The average molecular weight is 603 g/mol. The lowest BCUT2D eigenvalue weighted by atomic mass is 10.1. The van der Waals surface area contributed by atoms with Crippen LogP contribution in [0.25, 0.3) is 0 Å². The third-order valence-electron chi connectivity index (χ3n) is 7.07. The Morgan fingerprint density at radius 2 is 1.57 bits per heavy atom. The molecule has 2 amide bonds. The van der Waals surface area contributed by atoms with E-state index >= 15 is 0 Å². The van der Waals surface area contributed by atoms with E-state index in [2.05, 4.69) is 5.32 Å². The molecule has 7 nitrogen and oxygen atoms in total. The number of hydrogen-bond donors (Lipinski definition) is 1. The maximum absolute atomic E-state index is 14.1. The number of halogens is 2. The van der Waals surface area contributed by atoms with Gasteiger partial charge in [0.15, 0.2) is 0 Å². The number of nitrogens with zero attached hydrogens (tertiary/aromatic N) is 2. The van der Waals surface area contributed by atoms with Gasteiger partial charge in [-0.1, -0.05) is 91.5 Å². The van der Waals surface area contributed by atoms with Gasteiger partial charge in [-0.2, -0.15) is 0 Å². The summed E-state index contributed by atoms with van der Waals surface area (Å²) in [6.45, 7) is 1.43. The molecule has 1 N–H and O–H groups in total. The number of rotatable bonds is 11. The first-order valence-corrected chi connectivity index (χ1v) is 15.6. The van der Waals surface area contributed by atoms with Gasteiger partial charge < -0.3 is 10.2 Å². The van der Waals surface area contributed by atoms with Crippen LogP contribution in [-0.2, 0) is 26.2 Å². The van der Waals surface area contributed by atoms with Crippen molar-refractivity contribution in [1.82, 2.24) is 10.2 Å².